The average Bonchev–Trinajstić information content (AvgIpc) is 2.58. The van der Waals surface area contributed by atoms with E-state index < -0.39 is 0 Å². The second kappa shape index (κ2) is 6.82. The van der Waals surface area contributed by atoms with Gasteiger partial charge in [-0.25, -0.2) is 4.68 Å². The highest BCUT2D eigenvalue weighted by Crippen LogP contribution is 2.17. The predicted molar refractivity (Wildman–Crippen MR) is 91.2 cm³/mol. The van der Waals surface area contributed by atoms with E-state index in [1.807, 2.05) is 13.0 Å². The van der Waals surface area contributed by atoms with Crippen LogP contribution < -0.4 is 15.8 Å². The second-order valence-corrected chi connectivity index (χ2v) is 6.14. The molecule has 0 spiro atoms. The highest BCUT2D eigenvalue weighted by molar-refractivity contribution is 5.94. The molecule has 7 heteroatoms. The maximum absolute atomic E-state index is 12.3. The van der Waals surface area contributed by atoms with Crippen molar-refractivity contribution >= 4 is 11.7 Å². The van der Waals surface area contributed by atoms with Gasteiger partial charge >= 0.3 is 0 Å². The van der Waals surface area contributed by atoms with Crippen molar-refractivity contribution in [3.8, 4) is 0 Å². The summed E-state index contributed by atoms with van der Waals surface area (Å²) >= 11 is 0. The Labute approximate surface area is 140 Å². The number of hydrogen-bond donors (Lipinski definition) is 1. The van der Waals surface area contributed by atoms with Crippen molar-refractivity contribution in [3.05, 3.63) is 52.1 Å². The molecule has 1 aliphatic rings. The van der Waals surface area contributed by atoms with Gasteiger partial charge in [0.1, 0.15) is 5.82 Å². The Morgan fingerprint density at radius 3 is 2.67 bits per heavy atom. The van der Waals surface area contributed by atoms with Gasteiger partial charge in [-0.15, -0.1) is 0 Å². The quantitative estimate of drug-likeness (QED) is 0.905. The fourth-order valence-corrected chi connectivity index (χ4v) is 2.86. The van der Waals surface area contributed by atoms with Crippen LogP contribution >= 0.6 is 0 Å². The molecule has 7 nitrogen and oxygen atoms in total. The number of pyridine rings is 1. The van der Waals surface area contributed by atoms with E-state index in [0.29, 0.717) is 5.56 Å². The molecule has 1 saturated heterocycles. The lowest BCUT2D eigenvalue weighted by Gasteiger charge is -2.33. The third-order valence-corrected chi connectivity index (χ3v) is 4.24. The molecule has 1 amide bonds. The summed E-state index contributed by atoms with van der Waals surface area (Å²) in [6.07, 6.45) is 5.01. The summed E-state index contributed by atoms with van der Waals surface area (Å²) in [4.78, 5) is 29.9. The molecule has 0 aromatic carbocycles. The van der Waals surface area contributed by atoms with Gasteiger partial charge in [-0.2, -0.15) is 5.10 Å². The molecule has 126 valence electrons. The van der Waals surface area contributed by atoms with Crippen molar-refractivity contribution in [2.75, 3.05) is 18.0 Å². The Balaban J connectivity index is 1.58. The van der Waals surface area contributed by atoms with Crippen molar-refractivity contribution in [1.82, 2.24) is 20.1 Å². The van der Waals surface area contributed by atoms with Gasteiger partial charge in [0, 0.05) is 44.6 Å². The van der Waals surface area contributed by atoms with E-state index >= 15 is 0 Å². The number of anilines is 1. The Bertz CT molecular complexity index is 794. The number of nitrogens with one attached hydrogen (secondary N) is 1. The van der Waals surface area contributed by atoms with Gasteiger partial charge in [-0.05, 0) is 37.5 Å². The first kappa shape index (κ1) is 16.2. The molecule has 0 atom stereocenters. The molecule has 0 bridgehead atoms. The van der Waals surface area contributed by atoms with Gasteiger partial charge in [-0.1, -0.05) is 0 Å². The maximum atomic E-state index is 12.3. The van der Waals surface area contributed by atoms with Crippen LogP contribution in [0.5, 0.6) is 0 Å². The highest BCUT2D eigenvalue weighted by atomic mass is 16.1. The smallest absolute Gasteiger partial charge is 0.266 e. The minimum absolute atomic E-state index is 0.0788. The fourth-order valence-electron chi connectivity index (χ4n) is 2.86. The average molecular weight is 327 g/mol. The largest absolute Gasteiger partial charge is 0.355 e. The fraction of sp³-hybridized carbons (Fsp3) is 0.412. The second-order valence-electron chi connectivity index (χ2n) is 6.14. The Morgan fingerprint density at radius 1 is 1.25 bits per heavy atom. The molecule has 2 aromatic heterocycles. The molecule has 0 unspecified atom stereocenters. The molecular weight excluding hydrogens is 306 g/mol. The number of aromatic nitrogens is 3. The molecule has 0 aliphatic carbocycles. The minimum atomic E-state index is -0.118. The van der Waals surface area contributed by atoms with Crippen molar-refractivity contribution in [1.29, 1.82) is 0 Å². The Kier molecular flexibility index (Phi) is 4.59. The third-order valence-electron chi connectivity index (χ3n) is 4.24. The monoisotopic (exact) mass is 327 g/mol. The SMILES string of the molecule is Cc1cncc(C(=O)NC2CCN(c3ccc(=O)n(C)n3)CC2)c1. The summed E-state index contributed by atoms with van der Waals surface area (Å²) in [6.45, 7) is 3.51. The molecule has 3 rings (SSSR count). The van der Waals surface area contributed by atoms with Crippen LogP contribution in [-0.2, 0) is 7.05 Å². The number of amides is 1. The van der Waals surface area contributed by atoms with Gasteiger partial charge in [0.05, 0.1) is 5.56 Å². The van der Waals surface area contributed by atoms with Crippen LogP contribution in [0, 0.1) is 6.92 Å². The third kappa shape index (κ3) is 3.61. The molecular formula is C17H21N5O2. The zero-order valence-electron chi connectivity index (χ0n) is 13.9. The number of aryl methyl sites for hydroxylation is 2. The van der Waals surface area contributed by atoms with E-state index in [-0.39, 0.29) is 17.5 Å². The molecule has 0 saturated carbocycles. The van der Waals surface area contributed by atoms with Crippen LogP contribution in [0.25, 0.3) is 0 Å². The summed E-state index contributed by atoms with van der Waals surface area (Å²) in [7, 11) is 1.65. The molecule has 0 radical (unpaired) electrons. The lowest BCUT2D eigenvalue weighted by Crippen LogP contribution is -2.45. The normalized spacial score (nSPS) is 15.3. The number of nitrogens with zero attached hydrogens (tertiary/aromatic N) is 4. The van der Waals surface area contributed by atoms with Crippen molar-refractivity contribution in [3.63, 3.8) is 0 Å². The van der Waals surface area contributed by atoms with Gasteiger partial charge in [0.25, 0.3) is 11.5 Å². The van der Waals surface area contributed by atoms with E-state index in [0.717, 1.165) is 37.3 Å². The molecule has 1 aliphatic heterocycles. The first-order chi connectivity index (χ1) is 11.5. The summed E-state index contributed by atoms with van der Waals surface area (Å²) in [5.41, 5.74) is 1.45. The molecule has 24 heavy (non-hydrogen) atoms. The molecule has 1 fully saturated rings. The lowest BCUT2D eigenvalue weighted by molar-refractivity contribution is 0.0930. The van der Waals surface area contributed by atoms with Crippen molar-refractivity contribution in [2.45, 2.75) is 25.8 Å². The van der Waals surface area contributed by atoms with Crippen LogP contribution in [0.1, 0.15) is 28.8 Å². The first-order valence-electron chi connectivity index (χ1n) is 8.05. The highest BCUT2D eigenvalue weighted by Gasteiger charge is 2.22. The van der Waals surface area contributed by atoms with Crippen LogP contribution in [0.3, 0.4) is 0 Å². The predicted octanol–water partition coefficient (Wildman–Crippen LogP) is 0.883. The number of hydrogen-bond acceptors (Lipinski definition) is 5. The molecule has 2 aromatic rings. The lowest BCUT2D eigenvalue weighted by atomic mass is 10.0. The summed E-state index contributed by atoms with van der Waals surface area (Å²) in [5, 5.41) is 7.35. The summed E-state index contributed by atoms with van der Waals surface area (Å²) < 4.78 is 1.34. The van der Waals surface area contributed by atoms with Crippen LogP contribution in [0.15, 0.2) is 35.4 Å². The van der Waals surface area contributed by atoms with Gasteiger partial charge in [0.2, 0.25) is 0 Å². The van der Waals surface area contributed by atoms with E-state index in [1.165, 1.54) is 10.7 Å². The van der Waals surface area contributed by atoms with Crippen LogP contribution in [-0.4, -0.2) is 39.8 Å². The van der Waals surface area contributed by atoms with E-state index in [2.05, 4.69) is 20.3 Å². The molecule has 3 heterocycles. The van der Waals surface area contributed by atoms with Crippen LogP contribution in [0.2, 0.25) is 0 Å². The Morgan fingerprint density at radius 2 is 2.00 bits per heavy atom. The van der Waals surface area contributed by atoms with Gasteiger partial charge in [-0.3, -0.25) is 14.6 Å². The van der Waals surface area contributed by atoms with Crippen molar-refractivity contribution in [2.24, 2.45) is 7.05 Å². The van der Waals surface area contributed by atoms with Gasteiger partial charge < -0.3 is 10.2 Å². The number of carbonyl (C=O) groups is 1. The number of rotatable bonds is 3. The first-order valence-corrected chi connectivity index (χ1v) is 8.05. The summed E-state index contributed by atoms with van der Waals surface area (Å²) in [6, 6.07) is 5.26. The zero-order valence-corrected chi connectivity index (χ0v) is 13.9. The topological polar surface area (TPSA) is 80.1 Å². The Hall–Kier alpha value is -2.70. The number of carbonyl (C=O) groups excluding carboxylic acids is 1. The van der Waals surface area contributed by atoms with E-state index in [4.69, 9.17) is 0 Å². The summed E-state index contributed by atoms with van der Waals surface area (Å²) in [5.74, 6) is 0.717. The van der Waals surface area contributed by atoms with E-state index in [1.54, 1.807) is 25.5 Å². The molecule has 1 N–H and O–H groups in total. The van der Waals surface area contributed by atoms with Gasteiger partial charge in [0.15, 0.2) is 0 Å². The van der Waals surface area contributed by atoms with Crippen LogP contribution in [0.4, 0.5) is 5.82 Å². The zero-order chi connectivity index (χ0) is 17.1. The number of piperidine rings is 1. The van der Waals surface area contributed by atoms with E-state index in [9.17, 15) is 9.59 Å². The standard InChI is InChI=1S/C17H21N5O2/c1-12-9-13(11-18-10-12)17(24)19-14-5-7-22(8-6-14)15-3-4-16(23)21(2)20-15/h3-4,9-11,14H,5-8H2,1-2H3,(H,19,24). The minimum Gasteiger partial charge on any atom is -0.355 e. The van der Waals surface area contributed by atoms with Crippen molar-refractivity contribution < 1.29 is 4.79 Å². The maximum Gasteiger partial charge on any atom is 0.266 e.